The molecule has 17 heavy (non-hydrogen) atoms. The number of aromatic nitrogens is 2. The van der Waals surface area contributed by atoms with Crippen LogP contribution in [0.25, 0.3) is 11.0 Å². The van der Waals surface area contributed by atoms with Crippen LogP contribution in [0.3, 0.4) is 0 Å². The van der Waals surface area contributed by atoms with Crippen molar-refractivity contribution in [2.24, 2.45) is 0 Å². The lowest BCUT2D eigenvalue weighted by Gasteiger charge is -2.12. The van der Waals surface area contributed by atoms with E-state index in [2.05, 4.69) is 4.98 Å². The van der Waals surface area contributed by atoms with E-state index in [0.29, 0.717) is 12.0 Å². The molecule has 0 radical (unpaired) electrons. The van der Waals surface area contributed by atoms with Crippen molar-refractivity contribution in [3.05, 3.63) is 29.3 Å². The lowest BCUT2D eigenvalue weighted by atomic mass is 10.2. The minimum absolute atomic E-state index is 0.0531. The largest absolute Gasteiger partial charge is 0.396 e. The fraction of sp³-hybridized carbons (Fsp3) is 0.462. The Morgan fingerprint density at radius 2 is 2.12 bits per heavy atom. The lowest BCUT2D eigenvalue weighted by Crippen LogP contribution is -2.08. The molecule has 92 valence electrons. The Bertz CT molecular complexity index is 546. The number of imidazole rings is 1. The summed E-state index contributed by atoms with van der Waals surface area (Å²) in [6, 6.07) is 3.48. The number of aliphatic hydroxyl groups excluding tert-OH is 1. The first-order chi connectivity index (χ1) is 8.04. The van der Waals surface area contributed by atoms with Gasteiger partial charge >= 0.3 is 0 Å². The summed E-state index contributed by atoms with van der Waals surface area (Å²) in [7, 11) is 0. The van der Waals surface area contributed by atoms with Crippen molar-refractivity contribution in [2.45, 2.75) is 33.2 Å². The number of aliphatic hydroxyl groups is 1. The van der Waals surface area contributed by atoms with Crippen molar-refractivity contribution < 1.29 is 9.50 Å². The molecule has 1 heterocycles. The smallest absolute Gasteiger partial charge is 0.128 e. The highest BCUT2D eigenvalue weighted by Crippen LogP contribution is 2.24. The molecular formula is C13H17FN2O. The van der Waals surface area contributed by atoms with Gasteiger partial charge in [0.2, 0.25) is 0 Å². The standard InChI is InChI=1S/C13H17FN2O/c1-8(2)16-12-7-10(14)9(3)6-11(12)15-13(16)4-5-17/h6-8,17H,4-5H2,1-3H3. The molecule has 2 rings (SSSR count). The Labute approximate surface area is 99.9 Å². The molecule has 3 nitrogen and oxygen atoms in total. The van der Waals surface area contributed by atoms with Gasteiger partial charge in [0, 0.05) is 18.5 Å². The monoisotopic (exact) mass is 236 g/mol. The fourth-order valence-corrected chi connectivity index (χ4v) is 2.12. The van der Waals surface area contributed by atoms with Gasteiger partial charge in [-0.05, 0) is 32.4 Å². The van der Waals surface area contributed by atoms with Gasteiger partial charge in [-0.2, -0.15) is 0 Å². The summed E-state index contributed by atoms with van der Waals surface area (Å²) >= 11 is 0. The molecule has 2 aromatic rings. The molecule has 0 aliphatic carbocycles. The SMILES string of the molecule is Cc1cc2nc(CCO)n(C(C)C)c2cc1F. The second kappa shape index (κ2) is 4.45. The average Bonchev–Trinajstić information content (AvgIpc) is 2.57. The Hall–Kier alpha value is -1.42. The van der Waals surface area contributed by atoms with Crippen molar-refractivity contribution in [3.8, 4) is 0 Å². The molecule has 0 aliphatic rings. The van der Waals surface area contributed by atoms with Crippen molar-refractivity contribution in [1.29, 1.82) is 0 Å². The van der Waals surface area contributed by atoms with Crippen LogP contribution in [0.1, 0.15) is 31.3 Å². The first kappa shape index (κ1) is 12.0. The molecule has 0 amide bonds. The minimum atomic E-state index is -0.213. The van der Waals surface area contributed by atoms with Crippen molar-refractivity contribution >= 4 is 11.0 Å². The summed E-state index contributed by atoms with van der Waals surface area (Å²) in [5.41, 5.74) is 2.19. The van der Waals surface area contributed by atoms with E-state index in [9.17, 15) is 4.39 Å². The quantitative estimate of drug-likeness (QED) is 0.889. The molecule has 1 aromatic carbocycles. The number of rotatable bonds is 3. The minimum Gasteiger partial charge on any atom is -0.396 e. The van der Waals surface area contributed by atoms with E-state index in [0.717, 1.165) is 16.9 Å². The van der Waals surface area contributed by atoms with Crippen LogP contribution in [-0.2, 0) is 6.42 Å². The molecule has 0 saturated heterocycles. The number of hydrogen-bond donors (Lipinski definition) is 1. The normalized spacial score (nSPS) is 11.6. The van der Waals surface area contributed by atoms with Crippen LogP contribution in [0, 0.1) is 12.7 Å². The van der Waals surface area contributed by atoms with E-state index < -0.39 is 0 Å². The third-order valence-corrected chi connectivity index (χ3v) is 2.89. The van der Waals surface area contributed by atoms with Gasteiger partial charge in [-0.15, -0.1) is 0 Å². The third-order valence-electron chi connectivity index (χ3n) is 2.89. The molecule has 0 bridgehead atoms. The second-order valence-electron chi connectivity index (χ2n) is 4.56. The third kappa shape index (κ3) is 2.05. The van der Waals surface area contributed by atoms with Crippen molar-refractivity contribution in [3.63, 3.8) is 0 Å². The molecule has 0 fully saturated rings. The summed E-state index contributed by atoms with van der Waals surface area (Å²) in [6.07, 6.45) is 0.494. The Balaban J connectivity index is 2.71. The van der Waals surface area contributed by atoms with Gasteiger partial charge in [0.05, 0.1) is 17.6 Å². The summed E-state index contributed by atoms with van der Waals surface area (Å²) in [5, 5.41) is 9.03. The van der Waals surface area contributed by atoms with E-state index >= 15 is 0 Å². The first-order valence-corrected chi connectivity index (χ1v) is 5.82. The van der Waals surface area contributed by atoms with Gasteiger partial charge in [0.15, 0.2) is 0 Å². The van der Waals surface area contributed by atoms with Crippen molar-refractivity contribution in [1.82, 2.24) is 9.55 Å². The number of aryl methyl sites for hydroxylation is 1. The maximum Gasteiger partial charge on any atom is 0.128 e. The van der Waals surface area contributed by atoms with E-state index in [4.69, 9.17) is 5.11 Å². The summed E-state index contributed by atoms with van der Waals surface area (Å²) in [5.74, 6) is 0.595. The number of nitrogens with zero attached hydrogens (tertiary/aromatic N) is 2. The molecule has 1 aromatic heterocycles. The van der Waals surface area contributed by atoms with Crippen LogP contribution in [0.5, 0.6) is 0 Å². The Morgan fingerprint density at radius 1 is 1.41 bits per heavy atom. The zero-order valence-electron chi connectivity index (χ0n) is 10.4. The van der Waals surface area contributed by atoms with Crippen LogP contribution in [-0.4, -0.2) is 21.3 Å². The Kier molecular flexibility index (Phi) is 3.15. The summed E-state index contributed by atoms with van der Waals surface area (Å²) in [6.45, 7) is 5.84. The van der Waals surface area contributed by atoms with E-state index in [1.165, 1.54) is 6.07 Å². The van der Waals surface area contributed by atoms with Gasteiger partial charge < -0.3 is 9.67 Å². The summed E-state index contributed by atoms with van der Waals surface area (Å²) < 4.78 is 15.6. The average molecular weight is 236 g/mol. The van der Waals surface area contributed by atoms with Gasteiger partial charge in [0.25, 0.3) is 0 Å². The van der Waals surface area contributed by atoms with E-state index in [-0.39, 0.29) is 18.5 Å². The predicted molar refractivity (Wildman–Crippen MR) is 65.6 cm³/mol. The molecule has 0 atom stereocenters. The van der Waals surface area contributed by atoms with Crippen LogP contribution < -0.4 is 0 Å². The topological polar surface area (TPSA) is 38.1 Å². The second-order valence-corrected chi connectivity index (χ2v) is 4.56. The van der Waals surface area contributed by atoms with Crippen LogP contribution in [0.2, 0.25) is 0 Å². The van der Waals surface area contributed by atoms with Crippen LogP contribution in [0.15, 0.2) is 12.1 Å². The first-order valence-electron chi connectivity index (χ1n) is 5.82. The lowest BCUT2D eigenvalue weighted by molar-refractivity contribution is 0.294. The maximum absolute atomic E-state index is 13.6. The number of benzene rings is 1. The zero-order valence-corrected chi connectivity index (χ0v) is 10.4. The molecule has 0 spiro atoms. The van der Waals surface area contributed by atoms with Gasteiger partial charge in [0.1, 0.15) is 11.6 Å². The zero-order chi connectivity index (χ0) is 12.6. The highest BCUT2D eigenvalue weighted by molar-refractivity contribution is 5.77. The van der Waals surface area contributed by atoms with Gasteiger partial charge in [-0.1, -0.05) is 0 Å². The molecular weight excluding hydrogens is 219 g/mol. The fourth-order valence-electron chi connectivity index (χ4n) is 2.12. The molecule has 0 unspecified atom stereocenters. The maximum atomic E-state index is 13.6. The Morgan fingerprint density at radius 3 is 2.71 bits per heavy atom. The van der Waals surface area contributed by atoms with E-state index in [1.54, 1.807) is 13.0 Å². The number of hydrogen-bond acceptors (Lipinski definition) is 2. The summed E-state index contributed by atoms with van der Waals surface area (Å²) in [4.78, 5) is 4.46. The highest BCUT2D eigenvalue weighted by Gasteiger charge is 2.14. The molecule has 4 heteroatoms. The van der Waals surface area contributed by atoms with Crippen LogP contribution >= 0.6 is 0 Å². The highest BCUT2D eigenvalue weighted by atomic mass is 19.1. The number of fused-ring (bicyclic) bond motifs is 1. The van der Waals surface area contributed by atoms with Crippen molar-refractivity contribution in [2.75, 3.05) is 6.61 Å². The van der Waals surface area contributed by atoms with Gasteiger partial charge in [-0.3, -0.25) is 0 Å². The predicted octanol–water partition coefficient (Wildman–Crippen LogP) is 2.60. The molecule has 0 saturated carbocycles. The molecule has 0 aliphatic heterocycles. The number of halogens is 1. The van der Waals surface area contributed by atoms with Crippen LogP contribution in [0.4, 0.5) is 4.39 Å². The van der Waals surface area contributed by atoms with Gasteiger partial charge in [-0.25, -0.2) is 9.37 Å². The molecule has 1 N–H and O–H groups in total. The van der Waals surface area contributed by atoms with E-state index in [1.807, 2.05) is 18.4 Å².